The molecule has 0 amide bonds. The van der Waals surface area contributed by atoms with Gasteiger partial charge in [-0.2, -0.15) is 5.10 Å². The van der Waals surface area contributed by atoms with E-state index in [1.807, 2.05) is 0 Å². The number of aryl methyl sites for hydroxylation is 1. The van der Waals surface area contributed by atoms with Gasteiger partial charge in [0.15, 0.2) is 0 Å². The maximum Gasteiger partial charge on any atom is 0.149 e. The van der Waals surface area contributed by atoms with Crippen molar-refractivity contribution in [1.82, 2.24) is 10.2 Å². The SMILES string of the molecule is Cc1cccc(-c2[nH]nc(N)c2C(C)C)c1I. The van der Waals surface area contributed by atoms with Crippen molar-refractivity contribution in [2.24, 2.45) is 0 Å². The van der Waals surface area contributed by atoms with Crippen molar-refractivity contribution in [3.63, 3.8) is 0 Å². The molecule has 0 saturated carbocycles. The first-order valence-corrected chi connectivity index (χ1v) is 6.69. The van der Waals surface area contributed by atoms with Crippen LogP contribution in [0.2, 0.25) is 0 Å². The van der Waals surface area contributed by atoms with Gasteiger partial charge in [-0.3, -0.25) is 5.10 Å². The van der Waals surface area contributed by atoms with Gasteiger partial charge in [0.25, 0.3) is 0 Å². The Balaban J connectivity index is 2.65. The number of benzene rings is 1. The molecular weight excluding hydrogens is 325 g/mol. The highest BCUT2D eigenvalue weighted by molar-refractivity contribution is 14.1. The summed E-state index contributed by atoms with van der Waals surface area (Å²) in [6.07, 6.45) is 0. The molecule has 2 aromatic rings. The molecule has 2 rings (SSSR count). The Labute approximate surface area is 115 Å². The molecule has 3 N–H and O–H groups in total. The average Bonchev–Trinajstić information content (AvgIpc) is 2.64. The molecule has 0 unspecified atom stereocenters. The molecule has 0 aliphatic carbocycles. The largest absolute Gasteiger partial charge is 0.382 e. The van der Waals surface area contributed by atoms with Crippen molar-refractivity contribution < 1.29 is 0 Å². The van der Waals surface area contributed by atoms with E-state index in [2.05, 4.69) is 71.8 Å². The third kappa shape index (κ3) is 2.18. The third-order valence-electron chi connectivity index (χ3n) is 2.87. The van der Waals surface area contributed by atoms with Gasteiger partial charge in [0.05, 0.1) is 5.69 Å². The molecule has 0 aliphatic heterocycles. The molecule has 17 heavy (non-hydrogen) atoms. The van der Waals surface area contributed by atoms with Gasteiger partial charge < -0.3 is 5.73 Å². The number of aromatic amines is 1. The molecule has 0 fully saturated rings. The van der Waals surface area contributed by atoms with Crippen molar-refractivity contribution >= 4 is 28.4 Å². The Morgan fingerprint density at radius 2 is 2.06 bits per heavy atom. The summed E-state index contributed by atoms with van der Waals surface area (Å²) < 4.78 is 1.25. The zero-order chi connectivity index (χ0) is 12.6. The van der Waals surface area contributed by atoms with Gasteiger partial charge in [0.1, 0.15) is 5.82 Å². The number of halogens is 1. The van der Waals surface area contributed by atoms with Crippen LogP contribution in [0.5, 0.6) is 0 Å². The summed E-state index contributed by atoms with van der Waals surface area (Å²) in [6, 6.07) is 6.28. The Kier molecular flexibility index (Phi) is 3.42. The highest BCUT2D eigenvalue weighted by atomic mass is 127. The normalized spacial score (nSPS) is 11.1. The van der Waals surface area contributed by atoms with Crippen LogP contribution >= 0.6 is 22.6 Å². The zero-order valence-corrected chi connectivity index (χ0v) is 12.4. The van der Waals surface area contributed by atoms with Crippen molar-refractivity contribution in [3.8, 4) is 11.3 Å². The van der Waals surface area contributed by atoms with Crippen LogP contribution < -0.4 is 5.73 Å². The van der Waals surface area contributed by atoms with Crippen LogP contribution in [0.3, 0.4) is 0 Å². The predicted octanol–water partition coefficient (Wildman–Crippen LogP) is 3.70. The molecule has 0 bridgehead atoms. The minimum Gasteiger partial charge on any atom is -0.382 e. The summed E-state index contributed by atoms with van der Waals surface area (Å²) in [5.74, 6) is 0.965. The van der Waals surface area contributed by atoms with Crippen molar-refractivity contribution in [2.75, 3.05) is 5.73 Å². The number of nitrogens with one attached hydrogen (secondary N) is 1. The summed E-state index contributed by atoms with van der Waals surface area (Å²) in [4.78, 5) is 0. The summed E-state index contributed by atoms with van der Waals surface area (Å²) >= 11 is 2.37. The number of hydrogen-bond acceptors (Lipinski definition) is 2. The molecule has 0 radical (unpaired) electrons. The number of aromatic nitrogens is 2. The lowest BCUT2D eigenvalue weighted by atomic mass is 9.98. The van der Waals surface area contributed by atoms with Crippen molar-refractivity contribution in [1.29, 1.82) is 0 Å². The standard InChI is InChI=1S/C13H16IN3/c1-7(2)10-12(16-17-13(10)15)9-6-4-5-8(3)11(9)14/h4-7H,1-3H3,(H3,15,16,17). The third-order valence-corrected chi connectivity index (χ3v) is 4.30. The number of nitrogen functional groups attached to an aromatic ring is 1. The summed E-state index contributed by atoms with van der Waals surface area (Å²) in [5, 5.41) is 7.19. The van der Waals surface area contributed by atoms with Crippen LogP contribution in [-0.2, 0) is 0 Å². The Morgan fingerprint density at radius 3 is 2.71 bits per heavy atom. The number of anilines is 1. The maximum absolute atomic E-state index is 5.92. The Morgan fingerprint density at radius 1 is 1.35 bits per heavy atom. The molecule has 4 heteroatoms. The summed E-state index contributed by atoms with van der Waals surface area (Å²) in [6.45, 7) is 6.38. The van der Waals surface area contributed by atoms with Gasteiger partial charge in [-0.15, -0.1) is 0 Å². The Bertz CT molecular complexity index is 544. The summed E-state index contributed by atoms with van der Waals surface area (Å²) in [7, 11) is 0. The number of nitrogens with zero attached hydrogens (tertiary/aromatic N) is 1. The van der Waals surface area contributed by atoms with Crippen LogP contribution in [-0.4, -0.2) is 10.2 Å². The fraction of sp³-hybridized carbons (Fsp3) is 0.308. The van der Waals surface area contributed by atoms with E-state index in [0.717, 1.165) is 11.3 Å². The van der Waals surface area contributed by atoms with E-state index in [4.69, 9.17) is 5.73 Å². The van der Waals surface area contributed by atoms with Crippen LogP contribution in [0.1, 0.15) is 30.9 Å². The topological polar surface area (TPSA) is 54.7 Å². The number of nitrogens with two attached hydrogens (primary N) is 1. The second-order valence-electron chi connectivity index (χ2n) is 4.49. The smallest absolute Gasteiger partial charge is 0.149 e. The van der Waals surface area contributed by atoms with Crippen LogP contribution in [0.25, 0.3) is 11.3 Å². The lowest BCUT2D eigenvalue weighted by Gasteiger charge is -2.10. The lowest BCUT2D eigenvalue weighted by molar-refractivity contribution is 0.873. The van der Waals surface area contributed by atoms with E-state index >= 15 is 0 Å². The average molecular weight is 341 g/mol. The number of H-pyrrole nitrogens is 1. The molecule has 90 valence electrons. The fourth-order valence-corrected chi connectivity index (χ4v) is 2.62. The monoisotopic (exact) mass is 341 g/mol. The number of rotatable bonds is 2. The Hall–Kier alpha value is -1.04. The fourth-order valence-electron chi connectivity index (χ4n) is 1.99. The highest BCUT2D eigenvalue weighted by Crippen LogP contribution is 2.34. The molecule has 3 nitrogen and oxygen atoms in total. The molecule has 0 spiro atoms. The molecule has 1 aromatic heterocycles. The maximum atomic E-state index is 5.92. The lowest BCUT2D eigenvalue weighted by Crippen LogP contribution is -1.96. The molecule has 1 heterocycles. The van der Waals surface area contributed by atoms with Gasteiger partial charge in [0, 0.05) is 14.7 Å². The van der Waals surface area contributed by atoms with E-state index < -0.39 is 0 Å². The second-order valence-corrected chi connectivity index (χ2v) is 5.57. The van der Waals surface area contributed by atoms with Crippen LogP contribution in [0.4, 0.5) is 5.82 Å². The van der Waals surface area contributed by atoms with Gasteiger partial charge in [-0.1, -0.05) is 32.0 Å². The minimum atomic E-state index is 0.361. The van der Waals surface area contributed by atoms with E-state index in [-0.39, 0.29) is 0 Å². The van der Waals surface area contributed by atoms with Crippen molar-refractivity contribution in [3.05, 3.63) is 32.9 Å². The van der Waals surface area contributed by atoms with E-state index in [9.17, 15) is 0 Å². The van der Waals surface area contributed by atoms with E-state index in [0.29, 0.717) is 11.7 Å². The molecule has 0 atom stereocenters. The molecular formula is C13H16IN3. The molecule has 0 aliphatic rings. The van der Waals surface area contributed by atoms with Crippen molar-refractivity contribution in [2.45, 2.75) is 26.7 Å². The first-order valence-electron chi connectivity index (χ1n) is 5.61. The first-order chi connectivity index (χ1) is 8.02. The van der Waals surface area contributed by atoms with E-state index in [1.54, 1.807) is 0 Å². The predicted molar refractivity (Wildman–Crippen MR) is 80.0 cm³/mol. The van der Waals surface area contributed by atoms with Gasteiger partial charge in [-0.05, 0) is 41.0 Å². The van der Waals surface area contributed by atoms with Gasteiger partial charge >= 0.3 is 0 Å². The quantitative estimate of drug-likeness (QED) is 0.819. The summed E-state index contributed by atoms with van der Waals surface area (Å²) in [5.41, 5.74) is 10.5. The minimum absolute atomic E-state index is 0.361. The zero-order valence-electron chi connectivity index (χ0n) is 10.2. The second kappa shape index (κ2) is 4.68. The van der Waals surface area contributed by atoms with Crippen LogP contribution in [0, 0.1) is 10.5 Å². The molecule has 1 aromatic carbocycles. The van der Waals surface area contributed by atoms with Gasteiger partial charge in [-0.25, -0.2) is 0 Å². The first kappa shape index (κ1) is 12.4. The van der Waals surface area contributed by atoms with Gasteiger partial charge in [0.2, 0.25) is 0 Å². The van der Waals surface area contributed by atoms with E-state index in [1.165, 1.54) is 14.7 Å². The molecule has 0 saturated heterocycles. The highest BCUT2D eigenvalue weighted by Gasteiger charge is 2.17. The van der Waals surface area contributed by atoms with Crippen LogP contribution in [0.15, 0.2) is 18.2 Å². The number of hydrogen-bond donors (Lipinski definition) is 2.